The normalized spacial score (nSPS) is 20.7. The molecule has 9 heteroatoms. The number of imide groups is 1. The number of ether oxygens (including phenoxy) is 1. The van der Waals surface area contributed by atoms with Crippen LogP contribution in [0.1, 0.15) is 25.3 Å². The van der Waals surface area contributed by atoms with E-state index in [0.29, 0.717) is 18.0 Å². The average Bonchev–Trinajstić information content (AvgIpc) is 3.41. The van der Waals surface area contributed by atoms with E-state index >= 15 is 0 Å². The summed E-state index contributed by atoms with van der Waals surface area (Å²) < 4.78 is 8.31. The number of halogens is 1. The van der Waals surface area contributed by atoms with E-state index in [0.717, 1.165) is 52.1 Å². The predicted molar refractivity (Wildman–Crippen MR) is 120 cm³/mol. The third-order valence-corrected chi connectivity index (χ3v) is 6.62. The Bertz CT molecular complexity index is 1040. The lowest BCUT2D eigenvalue weighted by Gasteiger charge is -2.11. The van der Waals surface area contributed by atoms with E-state index in [1.165, 1.54) is 4.90 Å². The number of aromatic nitrogens is 1. The molecular formula is C21H22BrN3O4S. The third kappa shape index (κ3) is 4.33. The highest BCUT2D eigenvalue weighted by Gasteiger charge is 2.33. The fourth-order valence-electron chi connectivity index (χ4n) is 3.70. The summed E-state index contributed by atoms with van der Waals surface area (Å²) >= 11 is 4.43. The van der Waals surface area contributed by atoms with E-state index in [2.05, 4.69) is 21.2 Å². The van der Waals surface area contributed by atoms with Gasteiger partial charge in [0.1, 0.15) is 6.54 Å². The highest BCUT2D eigenvalue weighted by Crippen LogP contribution is 2.34. The maximum absolute atomic E-state index is 12.5. The second-order valence-electron chi connectivity index (χ2n) is 7.24. The Morgan fingerprint density at radius 2 is 2.23 bits per heavy atom. The molecule has 30 heavy (non-hydrogen) atoms. The van der Waals surface area contributed by atoms with Gasteiger partial charge in [0.15, 0.2) is 0 Å². The molecule has 2 aliphatic heterocycles. The molecule has 2 fully saturated rings. The van der Waals surface area contributed by atoms with Crippen molar-refractivity contribution in [2.45, 2.75) is 32.4 Å². The number of carbonyl (C=O) groups is 3. The quantitative estimate of drug-likeness (QED) is 0.622. The van der Waals surface area contributed by atoms with Crippen LogP contribution >= 0.6 is 27.7 Å². The second kappa shape index (κ2) is 8.95. The first-order valence-electron chi connectivity index (χ1n) is 9.88. The molecule has 4 rings (SSSR count). The van der Waals surface area contributed by atoms with Gasteiger partial charge in [0.05, 0.1) is 11.0 Å². The van der Waals surface area contributed by atoms with Crippen molar-refractivity contribution in [3.05, 3.63) is 39.3 Å². The Labute approximate surface area is 186 Å². The van der Waals surface area contributed by atoms with Crippen molar-refractivity contribution < 1.29 is 19.1 Å². The van der Waals surface area contributed by atoms with E-state index in [9.17, 15) is 14.4 Å². The fourth-order valence-corrected chi connectivity index (χ4v) is 4.96. The number of carbonyl (C=O) groups excluding carboxylic acids is 3. The molecule has 1 aromatic carbocycles. The van der Waals surface area contributed by atoms with Gasteiger partial charge in [0.2, 0.25) is 5.91 Å². The summed E-state index contributed by atoms with van der Waals surface area (Å²) in [6.07, 6.45) is 5.68. The monoisotopic (exact) mass is 491 g/mol. The predicted octanol–water partition coefficient (Wildman–Crippen LogP) is 3.76. The average molecular weight is 492 g/mol. The second-order valence-corrected chi connectivity index (χ2v) is 9.15. The molecule has 158 valence electrons. The van der Waals surface area contributed by atoms with Gasteiger partial charge in [-0.2, -0.15) is 0 Å². The maximum atomic E-state index is 12.5. The minimum Gasteiger partial charge on any atom is -0.376 e. The van der Waals surface area contributed by atoms with Crippen LogP contribution in [0.5, 0.6) is 0 Å². The summed E-state index contributed by atoms with van der Waals surface area (Å²) in [7, 11) is 0. The van der Waals surface area contributed by atoms with Crippen LogP contribution in [0.15, 0.2) is 33.8 Å². The summed E-state index contributed by atoms with van der Waals surface area (Å²) in [5.74, 6) is -0.374. The van der Waals surface area contributed by atoms with Gasteiger partial charge in [0, 0.05) is 46.8 Å². The number of thioether (sulfide) groups is 1. The number of fused-ring (bicyclic) bond motifs is 1. The van der Waals surface area contributed by atoms with E-state index < -0.39 is 0 Å². The number of hydrogen-bond acceptors (Lipinski definition) is 5. The highest BCUT2D eigenvalue weighted by atomic mass is 79.9. The lowest BCUT2D eigenvalue weighted by atomic mass is 10.1. The molecule has 0 aliphatic carbocycles. The van der Waals surface area contributed by atoms with Crippen molar-refractivity contribution in [3.63, 3.8) is 0 Å². The number of nitrogens with zero attached hydrogens (tertiary/aromatic N) is 2. The first-order chi connectivity index (χ1) is 14.5. The summed E-state index contributed by atoms with van der Waals surface area (Å²) in [4.78, 5) is 38.6. The molecule has 2 aromatic rings. The topological polar surface area (TPSA) is 80.6 Å². The number of amides is 3. The van der Waals surface area contributed by atoms with Gasteiger partial charge in [0.25, 0.3) is 11.1 Å². The molecule has 2 saturated heterocycles. The summed E-state index contributed by atoms with van der Waals surface area (Å²) in [6.45, 7) is 3.55. The van der Waals surface area contributed by atoms with Gasteiger partial charge in [-0.3, -0.25) is 19.3 Å². The molecule has 2 aliphatic rings. The Balaban J connectivity index is 1.59. The molecule has 1 N–H and O–H groups in total. The van der Waals surface area contributed by atoms with E-state index in [1.54, 1.807) is 13.0 Å². The molecule has 7 nitrogen and oxygen atoms in total. The van der Waals surface area contributed by atoms with Gasteiger partial charge in [-0.25, -0.2) is 0 Å². The van der Waals surface area contributed by atoms with Gasteiger partial charge in [-0.15, -0.1) is 0 Å². The smallest absolute Gasteiger partial charge is 0.293 e. The number of hydrogen-bond donors (Lipinski definition) is 1. The highest BCUT2D eigenvalue weighted by molar-refractivity contribution is 9.10. The molecule has 0 radical (unpaired) electrons. The van der Waals surface area contributed by atoms with Gasteiger partial charge in [-0.05, 0) is 55.8 Å². The van der Waals surface area contributed by atoms with Crippen LogP contribution in [0.25, 0.3) is 17.0 Å². The standard InChI is InChI=1S/C21H22BrN3O4S/c1-2-25-20(27)18(30-21(25)28)8-13-11-24(17-6-5-14(22)9-16(13)17)12-19(26)23-10-15-4-3-7-29-15/h5-6,8-9,11,15H,2-4,7,10,12H2,1H3,(H,23,26)/b18-8-/t15-/m1/s1. The van der Waals surface area contributed by atoms with Gasteiger partial charge < -0.3 is 14.6 Å². The molecule has 0 bridgehead atoms. The molecule has 0 saturated carbocycles. The maximum Gasteiger partial charge on any atom is 0.293 e. The van der Waals surface area contributed by atoms with Crippen molar-refractivity contribution >= 4 is 61.7 Å². The van der Waals surface area contributed by atoms with Crippen LogP contribution in [0.3, 0.4) is 0 Å². The molecular weight excluding hydrogens is 470 g/mol. The van der Waals surface area contributed by atoms with Crippen molar-refractivity contribution in [1.29, 1.82) is 0 Å². The van der Waals surface area contributed by atoms with Crippen molar-refractivity contribution in [2.24, 2.45) is 0 Å². The first kappa shape index (κ1) is 21.1. The third-order valence-electron chi connectivity index (χ3n) is 5.22. The molecule has 3 amide bonds. The summed E-state index contributed by atoms with van der Waals surface area (Å²) in [5, 5.41) is 3.58. The Kier molecular flexibility index (Phi) is 6.31. The molecule has 1 aromatic heterocycles. The Hall–Kier alpha value is -2.10. The molecule has 1 atom stereocenters. The van der Waals surface area contributed by atoms with E-state index in [4.69, 9.17) is 4.74 Å². The van der Waals surface area contributed by atoms with Gasteiger partial charge in [-0.1, -0.05) is 15.9 Å². The SMILES string of the molecule is CCN1C(=O)S/C(=C\c2cn(CC(=O)NC[C@H]3CCCO3)c3ccc(Br)cc23)C1=O. The van der Waals surface area contributed by atoms with Gasteiger partial charge >= 0.3 is 0 Å². The number of benzene rings is 1. The zero-order chi connectivity index (χ0) is 21.3. The van der Waals surface area contributed by atoms with Crippen LogP contribution < -0.4 is 5.32 Å². The summed E-state index contributed by atoms with van der Waals surface area (Å²) in [5.41, 5.74) is 1.67. The summed E-state index contributed by atoms with van der Waals surface area (Å²) in [6, 6.07) is 5.80. The zero-order valence-electron chi connectivity index (χ0n) is 16.5. The first-order valence-corrected chi connectivity index (χ1v) is 11.5. The van der Waals surface area contributed by atoms with Crippen molar-refractivity contribution in [3.8, 4) is 0 Å². The fraction of sp³-hybridized carbons (Fsp3) is 0.381. The molecule has 0 unspecified atom stereocenters. The molecule has 3 heterocycles. The molecule has 0 spiro atoms. The Morgan fingerprint density at radius 1 is 1.40 bits per heavy atom. The number of rotatable bonds is 6. The van der Waals surface area contributed by atoms with Crippen molar-refractivity contribution in [2.75, 3.05) is 19.7 Å². The minimum absolute atomic E-state index is 0.0936. The zero-order valence-corrected chi connectivity index (χ0v) is 18.9. The lowest BCUT2D eigenvalue weighted by molar-refractivity contribution is -0.123. The van der Waals surface area contributed by atoms with E-state index in [1.807, 2.05) is 29.0 Å². The minimum atomic E-state index is -0.280. The number of likely N-dealkylation sites (N-methyl/N-ethyl adjacent to an activating group) is 1. The Morgan fingerprint density at radius 3 is 2.93 bits per heavy atom. The van der Waals surface area contributed by atoms with Crippen LogP contribution in [0, 0.1) is 0 Å². The van der Waals surface area contributed by atoms with Crippen LogP contribution in [-0.2, 0) is 20.9 Å². The van der Waals surface area contributed by atoms with Crippen molar-refractivity contribution in [1.82, 2.24) is 14.8 Å². The van der Waals surface area contributed by atoms with Crippen LogP contribution in [0.4, 0.5) is 4.79 Å². The lowest BCUT2D eigenvalue weighted by Crippen LogP contribution is -2.34. The van der Waals surface area contributed by atoms with Crippen LogP contribution in [-0.4, -0.2) is 52.3 Å². The van der Waals surface area contributed by atoms with E-state index in [-0.39, 0.29) is 29.7 Å². The van der Waals surface area contributed by atoms with Crippen LogP contribution in [0.2, 0.25) is 0 Å². The largest absolute Gasteiger partial charge is 0.376 e. The number of nitrogens with one attached hydrogen (secondary N) is 1.